The molecule has 0 aliphatic heterocycles. The van der Waals surface area contributed by atoms with E-state index in [9.17, 15) is 10.1 Å². The fourth-order valence-corrected chi connectivity index (χ4v) is 1.44. The first-order valence-electron chi connectivity index (χ1n) is 4.39. The molecular weight excluding hydrogens is 174 g/mol. The molecule has 1 rings (SSSR count). The second-order valence-electron chi connectivity index (χ2n) is 3.16. The summed E-state index contributed by atoms with van der Waals surface area (Å²) in [5.74, 6) is 0. The summed E-state index contributed by atoms with van der Waals surface area (Å²) in [5.41, 5.74) is 0.152. The van der Waals surface area contributed by atoms with Crippen molar-refractivity contribution in [1.29, 1.82) is 0 Å². The maximum absolute atomic E-state index is 10.5. The molecule has 0 spiro atoms. The van der Waals surface area contributed by atoms with E-state index >= 15 is 0 Å². The Balaban J connectivity index is 2.69. The molecule has 1 aliphatic rings. The molecule has 1 N–H and O–H groups in total. The number of nitro groups is 1. The van der Waals surface area contributed by atoms with Gasteiger partial charge in [0.05, 0.1) is 4.92 Å². The summed E-state index contributed by atoms with van der Waals surface area (Å²) in [6, 6.07) is 0. The zero-order chi connectivity index (χ0) is 9.68. The second kappa shape index (κ2) is 4.94. The van der Waals surface area contributed by atoms with Crippen LogP contribution in [0.3, 0.4) is 0 Å². The first-order valence-corrected chi connectivity index (χ1v) is 4.39. The van der Waals surface area contributed by atoms with Crippen molar-refractivity contribution in [3.63, 3.8) is 0 Å². The average molecular weight is 187 g/mol. The molecule has 13 heavy (non-hydrogen) atoms. The predicted octanol–water partition coefficient (Wildman–Crippen LogP) is 1.97. The average Bonchev–Trinajstić information content (AvgIpc) is 2.03. The van der Waals surface area contributed by atoms with Gasteiger partial charge in [-0.2, -0.15) is 0 Å². The quantitative estimate of drug-likeness (QED) is 0.407. The molecule has 1 atom stereocenters. The lowest BCUT2D eigenvalue weighted by atomic mass is 10.0. The Bertz CT molecular complexity index is 214. The first-order chi connectivity index (χ1) is 6.24. The van der Waals surface area contributed by atoms with Crippen LogP contribution in [-0.4, -0.2) is 16.3 Å². The van der Waals surface area contributed by atoms with Crippen molar-refractivity contribution in [2.45, 2.75) is 38.2 Å². The van der Waals surface area contributed by atoms with Crippen LogP contribution in [-0.2, 0) is 4.89 Å². The van der Waals surface area contributed by atoms with E-state index in [1.807, 2.05) is 0 Å². The van der Waals surface area contributed by atoms with Gasteiger partial charge in [-0.1, -0.05) is 12.8 Å². The van der Waals surface area contributed by atoms with Crippen LogP contribution in [0.25, 0.3) is 0 Å². The Morgan fingerprint density at radius 2 is 2.31 bits per heavy atom. The van der Waals surface area contributed by atoms with Crippen LogP contribution in [0.15, 0.2) is 11.8 Å². The van der Waals surface area contributed by atoms with Gasteiger partial charge in [-0.25, -0.2) is 4.89 Å². The largest absolute Gasteiger partial charge is 0.259 e. The topological polar surface area (TPSA) is 72.6 Å². The maximum atomic E-state index is 10.5. The van der Waals surface area contributed by atoms with Crippen molar-refractivity contribution >= 4 is 0 Å². The Morgan fingerprint density at radius 3 is 2.92 bits per heavy atom. The van der Waals surface area contributed by atoms with E-state index in [0.29, 0.717) is 12.8 Å². The normalized spacial score (nSPS) is 28.4. The summed E-state index contributed by atoms with van der Waals surface area (Å²) < 4.78 is 0. The zero-order valence-electron chi connectivity index (χ0n) is 7.31. The van der Waals surface area contributed by atoms with E-state index in [4.69, 9.17) is 5.26 Å². The minimum atomic E-state index is -0.513. The molecule has 0 aromatic heterocycles. The molecule has 0 amide bonds. The van der Waals surface area contributed by atoms with Crippen molar-refractivity contribution in [2.75, 3.05) is 0 Å². The van der Waals surface area contributed by atoms with Gasteiger partial charge in [0.15, 0.2) is 0 Å². The number of hydrogen-bond acceptors (Lipinski definition) is 4. The van der Waals surface area contributed by atoms with Crippen molar-refractivity contribution in [1.82, 2.24) is 0 Å². The lowest BCUT2D eigenvalue weighted by Crippen LogP contribution is -2.13. The van der Waals surface area contributed by atoms with Gasteiger partial charge >= 0.3 is 0 Å². The van der Waals surface area contributed by atoms with Gasteiger partial charge in [-0.05, 0) is 12.8 Å². The number of hydrogen-bond donors (Lipinski definition) is 1. The highest BCUT2D eigenvalue weighted by atomic mass is 17.1. The molecule has 0 aromatic carbocycles. The van der Waals surface area contributed by atoms with Crippen molar-refractivity contribution in [3.8, 4) is 0 Å². The van der Waals surface area contributed by atoms with Gasteiger partial charge in [-0.15, -0.1) is 0 Å². The number of nitrogens with zero attached hydrogens (tertiary/aromatic N) is 1. The van der Waals surface area contributed by atoms with Crippen molar-refractivity contribution in [2.24, 2.45) is 0 Å². The van der Waals surface area contributed by atoms with E-state index < -0.39 is 11.0 Å². The van der Waals surface area contributed by atoms with E-state index in [0.717, 1.165) is 19.3 Å². The Kier molecular flexibility index (Phi) is 3.85. The number of rotatable bonds is 2. The molecule has 5 nitrogen and oxygen atoms in total. The van der Waals surface area contributed by atoms with Gasteiger partial charge in [0, 0.05) is 12.5 Å². The molecule has 0 bridgehead atoms. The van der Waals surface area contributed by atoms with Crippen LogP contribution in [0.1, 0.15) is 32.1 Å². The SMILES string of the molecule is O=[N+]([O-])/C1=C/C(OO)CCCCC1. The molecule has 74 valence electrons. The van der Waals surface area contributed by atoms with Gasteiger partial charge in [0.1, 0.15) is 6.10 Å². The van der Waals surface area contributed by atoms with Crippen molar-refractivity contribution in [3.05, 3.63) is 21.9 Å². The maximum Gasteiger partial charge on any atom is 0.244 e. The molecule has 0 fully saturated rings. The standard InChI is InChI=1S/C8H13NO4/c10-9(11)7-4-2-1-3-5-8(6-7)13-12/h6,8,12H,1-5H2/b7-6+. The molecule has 0 aromatic rings. The predicted molar refractivity (Wildman–Crippen MR) is 45.7 cm³/mol. The zero-order valence-corrected chi connectivity index (χ0v) is 7.31. The van der Waals surface area contributed by atoms with Crippen LogP contribution >= 0.6 is 0 Å². The minimum Gasteiger partial charge on any atom is -0.259 e. The summed E-state index contributed by atoms with van der Waals surface area (Å²) in [7, 11) is 0. The lowest BCUT2D eigenvalue weighted by molar-refractivity contribution is -0.429. The smallest absolute Gasteiger partial charge is 0.244 e. The Morgan fingerprint density at radius 1 is 1.54 bits per heavy atom. The summed E-state index contributed by atoms with van der Waals surface area (Å²) in [5, 5.41) is 18.9. The van der Waals surface area contributed by atoms with Gasteiger partial charge in [0.2, 0.25) is 5.70 Å². The summed E-state index contributed by atoms with van der Waals surface area (Å²) in [4.78, 5) is 14.2. The van der Waals surface area contributed by atoms with Crippen LogP contribution in [0.2, 0.25) is 0 Å². The Labute approximate surface area is 76.1 Å². The summed E-state index contributed by atoms with van der Waals surface area (Å²) >= 11 is 0. The van der Waals surface area contributed by atoms with Gasteiger partial charge < -0.3 is 0 Å². The van der Waals surface area contributed by atoms with E-state index in [-0.39, 0.29) is 5.70 Å². The molecule has 0 saturated heterocycles. The van der Waals surface area contributed by atoms with Crippen LogP contribution in [0.5, 0.6) is 0 Å². The minimum absolute atomic E-state index is 0.152. The van der Waals surface area contributed by atoms with Gasteiger partial charge in [0.25, 0.3) is 0 Å². The summed E-state index contributed by atoms with van der Waals surface area (Å²) in [6.07, 6.45) is 4.73. The molecule has 1 unspecified atom stereocenters. The van der Waals surface area contributed by atoms with E-state index in [2.05, 4.69) is 4.89 Å². The lowest BCUT2D eigenvalue weighted by Gasteiger charge is -2.11. The highest BCUT2D eigenvalue weighted by molar-refractivity contribution is 4.98. The third-order valence-corrected chi connectivity index (χ3v) is 2.17. The van der Waals surface area contributed by atoms with E-state index in [1.165, 1.54) is 6.08 Å². The van der Waals surface area contributed by atoms with Crippen LogP contribution in [0, 0.1) is 10.1 Å². The fourth-order valence-electron chi connectivity index (χ4n) is 1.44. The molecule has 0 saturated carbocycles. The number of allylic oxidation sites excluding steroid dienone is 1. The van der Waals surface area contributed by atoms with E-state index in [1.54, 1.807) is 0 Å². The van der Waals surface area contributed by atoms with Crippen LogP contribution < -0.4 is 0 Å². The molecular formula is C8H13NO4. The van der Waals surface area contributed by atoms with Gasteiger partial charge in [-0.3, -0.25) is 15.4 Å². The third-order valence-electron chi connectivity index (χ3n) is 2.17. The monoisotopic (exact) mass is 187 g/mol. The molecule has 0 radical (unpaired) electrons. The Hall–Kier alpha value is -0.940. The fraction of sp³-hybridized carbons (Fsp3) is 0.750. The molecule has 1 aliphatic carbocycles. The van der Waals surface area contributed by atoms with Crippen molar-refractivity contribution < 1.29 is 15.1 Å². The molecule has 0 heterocycles. The molecule has 5 heteroatoms. The van der Waals surface area contributed by atoms with Crippen LogP contribution in [0.4, 0.5) is 0 Å². The summed E-state index contributed by atoms with van der Waals surface area (Å²) in [6.45, 7) is 0. The third kappa shape index (κ3) is 3.12. The second-order valence-corrected chi connectivity index (χ2v) is 3.16. The highest BCUT2D eigenvalue weighted by Gasteiger charge is 2.17. The first kappa shape index (κ1) is 10.1. The highest BCUT2D eigenvalue weighted by Crippen LogP contribution is 2.18.